The number of non-ortho nitro benzene ring substituents is 1. The molecule has 0 bridgehead atoms. The van der Waals surface area contributed by atoms with E-state index in [4.69, 9.17) is 0 Å². The van der Waals surface area contributed by atoms with Crippen LogP contribution in [0.2, 0.25) is 0 Å². The van der Waals surface area contributed by atoms with Crippen molar-refractivity contribution in [3.63, 3.8) is 0 Å². The summed E-state index contributed by atoms with van der Waals surface area (Å²) in [5.74, 6) is -0.386. The first-order chi connectivity index (χ1) is 11.0. The molecule has 0 aliphatic carbocycles. The smallest absolute Gasteiger partial charge is 0.271 e. The van der Waals surface area contributed by atoms with E-state index in [0.717, 1.165) is 5.56 Å². The van der Waals surface area contributed by atoms with Crippen LogP contribution in [0.3, 0.4) is 0 Å². The van der Waals surface area contributed by atoms with Crippen LogP contribution >= 0.6 is 0 Å². The minimum absolute atomic E-state index is 0.143. The van der Waals surface area contributed by atoms with Crippen molar-refractivity contribution in [2.45, 2.75) is 13.3 Å². The second-order valence-electron chi connectivity index (χ2n) is 4.71. The van der Waals surface area contributed by atoms with Crippen LogP contribution in [0, 0.1) is 10.1 Å². The van der Waals surface area contributed by atoms with E-state index in [1.807, 2.05) is 6.92 Å². The Balaban J connectivity index is 2.16. The first-order valence-corrected chi connectivity index (χ1v) is 6.92. The van der Waals surface area contributed by atoms with Gasteiger partial charge in [-0.1, -0.05) is 13.0 Å². The molecule has 2 rings (SSSR count). The van der Waals surface area contributed by atoms with E-state index >= 15 is 0 Å². The highest BCUT2D eigenvalue weighted by Crippen LogP contribution is 2.14. The topological polar surface area (TPSA) is 105 Å². The number of nitro benzene ring substituents is 1. The predicted octanol–water partition coefficient (Wildman–Crippen LogP) is 2.84. The molecule has 0 aliphatic rings. The predicted molar refractivity (Wildman–Crippen MR) is 85.5 cm³/mol. The Bertz CT molecular complexity index is 754. The van der Waals surface area contributed by atoms with Crippen LogP contribution in [0.4, 0.5) is 5.69 Å². The summed E-state index contributed by atoms with van der Waals surface area (Å²) in [4.78, 5) is 22.2. The number of phenolic OH excluding ortho intramolecular Hbond substituents is 1. The molecule has 1 amide bonds. The molecule has 0 saturated heterocycles. The van der Waals surface area contributed by atoms with Gasteiger partial charge < -0.3 is 5.11 Å². The molecule has 0 atom stereocenters. The van der Waals surface area contributed by atoms with Crippen molar-refractivity contribution >= 4 is 17.3 Å². The molecule has 2 N–H and O–H groups in total. The van der Waals surface area contributed by atoms with Gasteiger partial charge in [-0.05, 0) is 42.3 Å². The number of nitrogens with one attached hydrogen (secondary N) is 1. The minimum Gasteiger partial charge on any atom is -0.508 e. The lowest BCUT2D eigenvalue weighted by Gasteiger charge is -2.05. The molecule has 7 nitrogen and oxygen atoms in total. The maximum atomic E-state index is 12.0. The number of hydrazone groups is 1. The molecule has 0 saturated carbocycles. The Hall–Kier alpha value is -3.22. The zero-order valence-electron chi connectivity index (χ0n) is 12.4. The lowest BCUT2D eigenvalue weighted by Crippen LogP contribution is -2.20. The zero-order valence-corrected chi connectivity index (χ0v) is 12.4. The van der Waals surface area contributed by atoms with Crippen LogP contribution in [0.5, 0.6) is 5.75 Å². The number of carbonyl (C=O) groups excluding carboxylic acids is 1. The van der Waals surface area contributed by atoms with Crippen molar-refractivity contribution in [3.8, 4) is 5.75 Å². The summed E-state index contributed by atoms with van der Waals surface area (Å²) >= 11 is 0. The SMILES string of the molecule is CC/C(=N\NC(=O)c1cccc([N+](=O)[O-])c1)c1ccc(O)cc1. The molecule has 2 aromatic rings. The van der Waals surface area contributed by atoms with Gasteiger partial charge in [0.25, 0.3) is 11.6 Å². The molecule has 2 aromatic carbocycles. The van der Waals surface area contributed by atoms with Gasteiger partial charge >= 0.3 is 0 Å². The normalized spacial score (nSPS) is 11.1. The molecule has 0 unspecified atom stereocenters. The van der Waals surface area contributed by atoms with E-state index in [2.05, 4.69) is 10.5 Å². The van der Waals surface area contributed by atoms with Crippen molar-refractivity contribution in [1.29, 1.82) is 0 Å². The van der Waals surface area contributed by atoms with Crippen molar-refractivity contribution in [2.75, 3.05) is 0 Å². The van der Waals surface area contributed by atoms with Crippen LogP contribution in [0.1, 0.15) is 29.3 Å². The number of hydrogen-bond acceptors (Lipinski definition) is 5. The second kappa shape index (κ2) is 7.17. The van der Waals surface area contributed by atoms with Crippen LogP contribution in [-0.4, -0.2) is 21.6 Å². The fraction of sp³-hybridized carbons (Fsp3) is 0.125. The zero-order chi connectivity index (χ0) is 16.8. The van der Waals surface area contributed by atoms with Crippen LogP contribution in [-0.2, 0) is 0 Å². The van der Waals surface area contributed by atoms with Gasteiger partial charge in [0.15, 0.2) is 0 Å². The number of nitro groups is 1. The van der Waals surface area contributed by atoms with Crippen LogP contribution in [0.15, 0.2) is 53.6 Å². The average Bonchev–Trinajstić information content (AvgIpc) is 2.56. The van der Waals surface area contributed by atoms with Gasteiger partial charge in [-0.15, -0.1) is 0 Å². The lowest BCUT2D eigenvalue weighted by molar-refractivity contribution is -0.384. The first kappa shape index (κ1) is 16.2. The van der Waals surface area contributed by atoms with Crippen molar-refractivity contribution in [2.24, 2.45) is 5.10 Å². The fourth-order valence-corrected chi connectivity index (χ4v) is 1.95. The highest BCUT2D eigenvalue weighted by Gasteiger charge is 2.11. The highest BCUT2D eigenvalue weighted by molar-refractivity contribution is 6.02. The van der Waals surface area contributed by atoms with Crippen molar-refractivity contribution in [1.82, 2.24) is 5.43 Å². The minimum atomic E-state index is -0.562. The monoisotopic (exact) mass is 313 g/mol. The van der Waals surface area contributed by atoms with E-state index < -0.39 is 10.8 Å². The summed E-state index contributed by atoms with van der Waals surface area (Å²) in [6.07, 6.45) is 0.569. The number of carbonyl (C=O) groups is 1. The van der Waals surface area contributed by atoms with Crippen molar-refractivity contribution < 1.29 is 14.8 Å². The van der Waals surface area contributed by atoms with Gasteiger partial charge in [-0.3, -0.25) is 14.9 Å². The number of phenols is 1. The van der Waals surface area contributed by atoms with E-state index in [1.54, 1.807) is 12.1 Å². The second-order valence-corrected chi connectivity index (χ2v) is 4.71. The third-order valence-electron chi connectivity index (χ3n) is 3.15. The molecule has 7 heteroatoms. The molecule has 23 heavy (non-hydrogen) atoms. The molecule has 0 fully saturated rings. The molecule has 118 valence electrons. The molecular formula is C16H15N3O4. The quantitative estimate of drug-likeness (QED) is 0.503. The number of aromatic hydroxyl groups is 1. The number of amides is 1. The largest absolute Gasteiger partial charge is 0.508 e. The number of nitrogens with zero attached hydrogens (tertiary/aromatic N) is 2. The van der Waals surface area contributed by atoms with E-state index in [-0.39, 0.29) is 17.0 Å². The van der Waals surface area contributed by atoms with E-state index in [0.29, 0.717) is 12.1 Å². The Kier molecular flexibility index (Phi) is 5.03. The molecule has 0 aliphatic heterocycles. The standard InChI is InChI=1S/C16H15N3O4/c1-2-15(11-6-8-14(20)9-7-11)17-18-16(21)12-4-3-5-13(10-12)19(22)23/h3-10,20H,2H2,1H3,(H,18,21)/b17-15+. The lowest BCUT2D eigenvalue weighted by atomic mass is 10.1. The third kappa shape index (κ3) is 4.13. The third-order valence-corrected chi connectivity index (χ3v) is 3.15. The molecule has 0 radical (unpaired) electrons. The summed E-state index contributed by atoms with van der Waals surface area (Å²) in [7, 11) is 0. The maximum absolute atomic E-state index is 12.0. The van der Waals surface area contributed by atoms with Gasteiger partial charge in [-0.25, -0.2) is 5.43 Å². The fourth-order valence-electron chi connectivity index (χ4n) is 1.95. The van der Waals surface area contributed by atoms with Gasteiger partial charge in [0.05, 0.1) is 10.6 Å². The van der Waals surface area contributed by atoms with Gasteiger partial charge in [0.2, 0.25) is 0 Å². The Morgan fingerprint density at radius 2 is 1.91 bits per heavy atom. The number of benzene rings is 2. The first-order valence-electron chi connectivity index (χ1n) is 6.92. The average molecular weight is 313 g/mol. The van der Waals surface area contributed by atoms with Crippen LogP contribution < -0.4 is 5.43 Å². The van der Waals surface area contributed by atoms with Crippen molar-refractivity contribution in [3.05, 3.63) is 69.8 Å². The molecular weight excluding hydrogens is 298 g/mol. The van der Waals surface area contributed by atoms with Gasteiger partial charge in [0, 0.05) is 17.7 Å². The summed E-state index contributed by atoms with van der Waals surface area (Å²) in [5, 5.41) is 24.1. The Labute approximate surface area is 132 Å². The van der Waals surface area contributed by atoms with Gasteiger partial charge in [0.1, 0.15) is 5.75 Å². The molecule has 0 aromatic heterocycles. The van der Waals surface area contributed by atoms with Gasteiger partial charge in [-0.2, -0.15) is 5.10 Å². The van der Waals surface area contributed by atoms with E-state index in [1.165, 1.54) is 36.4 Å². The maximum Gasteiger partial charge on any atom is 0.271 e. The summed E-state index contributed by atoms with van der Waals surface area (Å²) in [6.45, 7) is 1.88. The van der Waals surface area contributed by atoms with Crippen LogP contribution in [0.25, 0.3) is 0 Å². The number of hydrogen-bond donors (Lipinski definition) is 2. The molecule has 0 spiro atoms. The number of rotatable bonds is 5. The summed E-state index contributed by atoms with van der Waals surface area (Å²) < 4.78 is 0. The van der Waals surface area contributed by atoms with E-state index in [9.17, 15) is 20.0 Å². The molecule has 0 heterocycles. The summed E-state index contributed by atoms with van der Waals surface area (Å²) in [5.41, 5.74) is 3.79. The Morgan fingerprint density at radius 3 is 2.52 bits per heavy atom. The highest BCUT2D eigenvalue weighted by atomic mass is 16.6. The summed E-state index contributed by atoms with van der Waals surface area (Å²) in [6, 6.07) is 11.9. The Morgan fingerprint density at radius 1 is 1.22 bits per heavy atom.